The highest BCUT2D eigenvalue weighted by atomic mass is 32.1. The second kappa shape index (κ2) is 7.00. The van der Waals surface area contributed by atoms with Crippen molar-refractivity contribution < 1.29 is 9.59 Å². The van der Waals surface area contributed by atoms with E-state index in [4.69, 9.17) is 0 Å². The second-order valence-corrected chi connectivity index (χ2v) is 8.40. The Bertz CT molecular complexity index is 745. The standard InChI is InChI=1S/C20H24N2O2S/c1-20(2,3)14-8-10-15(11-9-14)21-18(23)16-6-4-12-22(16)19(24)17-7-5-13-25-17/h5,7-11,13,16H,4,6,12H2,1-3H3,(H,21,23)/t16-/m0/s1. The van der Waals surface area contributed by atoms with Gasteiger partial charge in [0.05, 0.1) is 4.88 Å². The Labute approximate surface area is 152 Å². The molecule has 2 heterocycles. The van der Waals surface area contributed by atoms with E-state index in [1.54, 1.807) is 4.90 Å². The lowest BCUT2D eigenvalue weighted by Gasteiger charge is -2.24. The molecule has 1 aliphatic heterocycles. The van der Waals surface area contributed by atoms with Crippen molar-refractivity contribution in [1.82, 2.24) is 4.90 Å². The van der Waals surface area contributed by atoms with Crippen LogP contribution in [0.25, 0.3) is 0 Å². The minimum Gasteiger partial charge on any atom is -0.326 e. The Morgan fingerprint density at radius 1 is 1.16 bits per heavy atom. The van der Waals surface area contributed by atoms with Gasteiger partial charge in [-0.1, -0.05) is 39.0 Å². The predicted molar refractivity (Wildman–Crippen MR) is 102 cm³/mol. The van der Waals surface area contributed by atoms with E-state index in [0.717, 1.165) is 12.1 Å². The molecule has 5 heteroatoms. The summed E-state index contributed by atoms with van der Waals surface area (Å²) in [6, 6.07) is 11.2. The smallest absolute Gasteiger partial charge is 0.264 e. The zero-order valence-corrected chi connectivity index (χ0v) is 15.7. The summed E-state index contributed by atoms with van der Waals surface area (Å²) in [7, 11) is 0. The average molecular weight is 356 g/mol. The third kappa shape index (κ3) is 3.93. The van der Waals surface area contributed by atoms with E-state index in [0.29, 0.717) is 17.8 Å². The van der Waals surface area contributed by atoms with Gasteiger partial charge in [0.25, 0.3) is 5.91 Å². The maximum atomic E-state index is 12.7. The van der Waals surface area contributed by atoms with Gasteiger partial charge in [0, 0.05) is 12.2 Å². The number of likely N-dealkylation sites (tertiary alicyclic amines) is 1. The minimum atomic E-state index is -0.392. The van der Waals surface area contributed by atoms with Crippen LogP contribution in [0.4, 0.5) is 5.69 Å². The van der Waals surface area contributed by atoms with Crippen LogP contribution in [0.3, 0.4) is 0 Å². The molecule has 1 N–H and O–H groups in total. The summed E-state index contributed by atoms with van der Waals surface area (Å²) in [5.41, 5.74) is 2.08. The number of nitrogens with zero attached hydrogens (tertiary/aromatic N) is 1. The molecule has 132 valence electrons. The molecule has 25 heavy (non-hydrogen) atoms. The van der Waals surface area contributed by atoms with Crippen LogP contribution in [0.2, 0.25) is 0 Å². The van der Waals surface area contributed by atoms with Crippen LogP contribution in [-0.2, 0) is 10.2 Å². The van der Waals surface area contributed by atoms with Crippen LogP contribution in [0.1, 0.15) is 48.8 Å². The Hall–Kier alpha value is -2.14. The summed E-state index contributed by atoms with van der Waals surface area (Å²) in [6.45, 7) is 7.12. The number of carbonyl (C=O) groups is 2. The van der Waals surface area contributed by atoms with Gasteiger partial charge in [-0.05, 0) is 47.4 Å². The molecule has 1 atom stereocenters. The molecule has 2 aromatic rings. The predicted octanol–water partition coefficient (Wildman–Crippen LogP) is 4.29. The summed E-state index contributed by atoms with van der Waals surface area (Å²) in [4.78, 5) is 27.7. The topological polar surface area (TPSA) is 49.4 Å². The summed E-state index contributed by atoms with van der Waals surface area (Å²) in [5, 5.41) is 4.85. The molecule has 0 saturated carbocycles. The lowest BCUT2D eigenvalue weighted by Crippen LogP contribution is -2.42. The number of amides is 2. The van der Waals surface area contributed by atoms with Crippen LogP contribution in [0, 0.1) is 0 Å². The summed E-state index contributed by atoms with van der Waals surface area (Å²) in [6.07, 6.45) is 1.57. The number of thiophene rings is 1. The summed E-state index contributed by atoms with van der Waals surface area (Å²) >= 11 is 1.42. The van der Waals surface area contributed by atoms with Crippen molar-refractivity contribution in [3.8, 4) is 0 Å². The van der Waals surface area contributed by atoms with Gasteiger partial charge in [-0.2, -0.15) is 0 Å². The molecular formula is C20H24N2O2S. The first-order valence-corrected chi connectivity index (χ1v) is 9.50. The first-order valence-electron chi connectivity index (χ1n) is 8.62. The van der Waals surface area contributed by atoms with E-state index in [1.165, 1.54) is 16.9 Å². The molecule has 0 bridgehead atoms. The molecule has 1 aromatic heterocycles. The monoisotopic (exact) mass is 356 g/mol. The molecule has 2 amide bonds. The number of nitrogens with one attached hydrogen (secondary N) is 1. The van der Waals surface area contributed by atoms with Crippen LogP contribution >= 0.6 is 11.3 Å². The van der Waals surface area contributed by atoms with Crippen LogP contribution in [0.15, 0.2) is 41.8 Å². The lowest BCUT2D eigenvalue weighted by molar-refractivity contribution is -0.119. The molecule has 1 fully saturated rings. The maximum Gasteiger partial charge on any atom is 0.264 e. The number of hydrogen-bond donors (Lipinski definition) is 1. The highest BCUT2D eigenvalue weighted by Gasteiger charge is 2.34. The molecule has 0 unspecified atom stereocenters. The number of anilines is 1. The SMILES string of the molecule is CC(C)(C)c1ccc(NC(=O)[C@@H]2CCCN2C(=O)c2cccs2)cc1. The van der Waals surface area contributed by atoms with E-state index < -0.39 is 6.04 Å². The van der Waals surface area contributed by atoms with Gasteiger partial charge < -0.3 is 10.2 Å². The van der Waals surface area contributed by atoms with Crippen molar-refractivity contribution >= 4 is 28.8 Å². The minimum absolute atomic E-state index is 0.0456. The molecular weight excluding hydrogens is 332 g/mol. The molecule has 1 aliphatic rings. The first-order chi connectivity index (χ1) is 11.9. The van der Waals surface area contributed by atoms with E-state index in [-0.39, 0.29) is 17.2 Å². The van der Waals surface area contributed by atoms with Crippen LogP contribution < -0.4 is 5.32 Å². The average Bonchev–Trinajstić information content (AvgIpc) is 3.25. The molecule has 4 nitrogen and oxygen atoms in total. The van der Waals surface area contributed by atoms with Gasteiger partial charge in [-0.3, -0.25) is 9.59 Å². The number of hydrogen-bond acceptors (Lipinski definition) is 3. The highest BCUT2D eigenvalue weighted by molar-refractivity contribution is 7.12. The van der Waals surface area contributed by atoms with E-state index >= 15 is 0 Å². The Balaban J connectivity index is 1.69. The zero-order chi connectivity index (χ0) is 18.0. The Morgan fingerprint density at radius 2 is 1.88 bits per heavy atom. The van der Waals surface area contributed by atoms with Crippen molar-refractivity contribution in [3.05, 3.63) is 52.2 Å². The fourth-order valence-electron chi connectivity index (χ4n) is 3.10. The van der Waals surface area contributed by atoms with Crippen LogP contribution in [0.5, 0.6) is 0 Å². The van der Waals surface area contributed by atoms with Crippen molar-refractivity contribution in [2.45, 2.75) is 45.1 Å². The number of benzene rings is 1. The van der Waals surface area contributed by atoms with Crippen LogP contribution in [-0.4, -0.2) is 29.3 Å². The molecule has 0 radical (unpaired) electrons. The van der Waals surface area contributed by atoms with Gasteiger partial charge in [0.15, 0.2) is 0 Å². The van der Waals surface area contributed by atoms with Gasteiger partial charge >= 0.3 is 0 Å². The van der Waals surface area contributed by atoms with Crippen molar-refractivity contribution in [3.63, 3.8) is 0 Å². The van der Waals surface area contributed by atoms with Crippen molar-refractivity contribution in [2.24, 2.45) is 0 Å². The normalized spacial score (nSPS) is 17.6. The van der Waals surface area contributed by atoms with E-state index in [2.05, 4.69) is 26.1 Å². The highest BCUT2D eigenvalue weighted by Crippen LogP contribution is 2.25. The summed E-state index contributed by atoms with van der Waals surface area (Å²) in [5.74, 6) is -0.151. The van der Waals surface area contributed by atoms with Crippen molar-refractivity contribution in [2.75, 3.05) is 11.9 Å². The van der Waals surface area contributed by atoms with E-state index in [9.17, 15) is 9.59 Å². The van der Waals surface area contributed by atoms with Gasteiger partial charge in [-0.15, -0.1) is 11.3 Å². The number of carbonyl (C=O) groups excluding carboxylic acids is 2. The third-order valence-corrected chi connectivity index (χ3v) is 5.42. The molecule has 0 aliphatic carbocycles. The Morgan fingerprint density at radius 3 is 2.48 bits per heavy atom. The quantitative estimate of drug-likeness (QED) is 0.892. The second-order valence-electron chi connectivity index (χ2n) is 7.45. The van der Waals surface area contributed by atoms with E-state index in [1.807, 2.05) is 41.8 Å². The molecule has 1 saturated heterocycles. The fourth-order valence-corrected chi connectivity index (χ4v) is 3.78. The van der Waals surface area contributed by atoms with Gasteiger partial charge in [-0.25, -0.2) is 0 Å². The van der Waals surface area contributed by atoms with Crippen molar-refractivity contribution in [1.29, 1.82) is 0 Å². The first kappa shape index (κ1) is 17.7. The van der Waals surface area contributed by atoms with Gasteiger partial charge in [0.2, 0.25) is 5.91 Å². The zero-order valence-electron chi connectivity index (χ0n) is 14.9. The molecule has 0 spiro atoms. The third-order valence-electron chi connectivity index (χ3n) is 4.57. The molecule has 3 rings (SSSR count). The fraction of sp³-hybridized carbons (Fsp3) is 0.400. The molecule has 1 aromatic carbocycles. The maximum absolute atomic E-state index is 12.7. The summed E-state index contributed by atoms with van der Waals surface area (Å²) < 4.78 is 0. The largest absolute Gasteiger partial charge is 0.326 e. The van der Waals surface area contributed by atoms with Gasteiger partial charge in [0.1, 0.15) is 6.04 Å². The lowest BCUT2D eigenvalue weighted by atomic mass is 9.87. The number of rotatable bonds is 3. The Kier molecular flexibility index (Phi) is 4.95.